The number of hydrogen-bond acceptors (Lipinski definition) is 7. The number of hydrogen-bond donors (Lipinski definition) is 3. The van der Waals surface area contributed by atoms with E-state index in [-0.39, 0.29) is 30.7 Å². The molecule has 128 valence electrons. The molecule has 1 atom stereocenters. The van der Waals surface area contributed by atoms with Gasteiger partial charge in [0, 0.05) is 24.8 Å². The highest BCUT2D eigenvalue weighted by atomic mass is 16.5. The van der Waals surface area contributed by atoms with Gasteiger partial charge in [0.25, 0.3) is 5.91 Å². The van der Waals surface area contributed by atoms with Crippen molar-refractivity contribution in [2.24, 2.45) is 0 Å². The molecule has 1 unspecified atom stereocenters. The largest absolute Gasteiger partial charge is 0.460 e. The van der Waals surface area contributed by atoms with E-state index in [1.54, 1.807) is 0 Å². The molecule has 0 radical (unpaired) electrons. The van der Waals surface area contributed by atoms with Gasteiger partial charge in [0.05, 0.1) is 11.6 Å². The fourth-order valence-corrected chi connectivity index (χ4v) is 1.97. The van der Waals surface area contributed by atoms with Crippen LogP contribution in [0.4, 0.5) is 0 Å². The molecule has 0 saturated carbocycles. The van der Waals surface area contributed by atoms with Crippen LogP contribution in [0.1, 0.15) is 12.8 Å². The summed E-state index contributed by atoms with van der Waals surface area (Å²) < 4.78 is 9.74. The summed E-state index contributed by atoms with van der Waals surface area (Å²) in [6.45, 7) is 3.31. The van der Waals surface area contributed by atoms with Crippen molar-refractivity contribution < 1.29 is 28.7 Å². The molecule has 9 heteroatoms. The molecule has 2 rings (SSSR count). The Morgan fingerprint density at radius 1 is 1.25 bits per heavy atom. The molecule has 2 heterocycles. The standard InChI is InChI=1S/C15H17N3O6/c1-9-16-6-10(15(22)17-9)7-23-13(20)4-5-14(21)24-8-11-2-3-12(19)18-11/h4-6,11,16H,1-3,7-8H2,(H,17,22)(H,18,19)/b5-4+. The van der Waals surface area contributed by atoms with Crippen LogP contribution in [0.25, 0.3) is 0 Å². The fourth-order valence-electron chi connectivity index (χ4n) is 1.97. The van der Waals surface area contributed by atoms with Crippen molar-refractivity contribution in [3.05, 3.63) is 36.3 Å². The zero-order valence-corrected chi connectivity index (χ0v) is 12.8. The third kappa shape index (κ3) is 5.27. The summed E-state index contributed by atoms with van der Waals surface area (Å²) in [5.41, 5.74) is 0.212. The number of esters is 2. The Labute approximate surface area is 137 Å². The Hall–Kier alpha value is -3.10. The van der Waals surface area contributed by atoms with Crippen LogP contribution in [0.15, 0.2) is 36.3 Å². The molecule has 2 aliphatic heterocycles. The highest BCUT2D eigenvalue weighted by Gasteiger charge is 2.21. The van der Waals surface area contributed by atoms with Gasteiger partial charge in [-0.15, -0.1) is 0 Å². The van der Waals surface area contributed by atoms with Crippen LogP contribution in [0.2, 0.25) is 0 Å². The van der Waals surface area contributed by atoms with Crippen molar-refractivity contribution in [2.75, 3.05) is 13.2 Å². The fraction of sp³-hybridized carbons (Fsp3) is 0.333. The van der Waals surface area contributed by atoms with Crippen molar-refractivity contribution in [3.63, 3.8) is 0 Å². The van der Waals surface area contributed by atoms with Gasteiger partial charge in [-0.3, -0.25) is 9.59 Å². The number of nitrogens with one attached hydrogen (secondary N) is 3. The number of carbonyl (C=O) groups excluding carboxylic acids is 4. The van der Waals surface area contributed by atoms with E-state index >= 15 is 0 Å². The molecule has 2 aliphatic rings. The molecular formula is C15H17N3O6. The molecule has 3 N–H and O–H groups in total. The van der Waals surface area contributed by atoms with Crippen LogP contribution < -0.4 is 16.0 Å². The van der Waals surface area contributed by atoms with Crippen molar-refractivity contribution >= 4 is 23.8 Å². The van der Waals surface area contributed by atoms with E-state index in [0.29, 0.717) is 18.7 Å². The van der Waals surface area contributed by atoms with Crippen molar-refractivity contribution in [1.82, 2.24) is 16.0 Å². The lowest BCUT2D eigenvalue weighted by Gasteiger charge is -2.16. The van der Waals surface area contributed by atoms with Crippen molar-refractivity contribution in [1.29, 1.82) is 0 Å². The van der Waals surface area contributed by atoms with Gasteiger partial charge in [-0.25, -0.2) is 9.59 Å². The Morgan fingerprint density at radius 3 is 2.58 bits per heavy atom. The van der Waals surface area contributed by atoms with Gasteiger partial charge < -0.3 is 25.4 Å². The predicted octanol–water partition coefficient (Wildman–Crippen LogP) is -1.02. The monoisotopic (exact) mass is 335 g/mol. The second kappa shape index (κ2) is 7.95. The first kappa shape index (κ1) is 17.3. The number of carbonyl (C=O) groups is 4. The van der Waals surface area contributed by atoms with Crippen LogP contribution >= 0.6 is 0 Å². The highest BCUT2D eigenvalue weighted by Crippen LogP contribution is 2.06. The van der Waals surface area contributed by atoms with Crippen molar-refractivity contribution in [3.8, 4) is 0 Å². The van der Waals surface area contributed by atoms with Gasteiger partial charge in [0.15, 0.2) is 0 Å². The van der Waals surface area contributed by atoms with E-state index in [0.717, 1.165) is 12.2 Å². The predicted molar refractivity (Wildman–Crippen MR) is 80.7 cm³/mol. The zero-order valence-electron chi connectivity index (χ0n) is 12.8. The van der Waals surface area contributed by atoms with Gasteiger partial charge >= 0.3 is 11.9 Å². The minimum absolute atomic E-state index is 0.0482. The van der Waals surface area contributed by atoms with E-state index in [2.05, 4.69) is 22.5 Å². The molecule has 0 bridgehead atoms. The zero-order chi connectivity index (χ0) is 17.5. The molecule has 2 amide bonds. The normalized spacial score (nSPS) is 20.1. The average Bonchev–Trinajstić information content (AvgIpc) is 2.95. The summed E-state index contributed by atoms with van der Waals surface area (Å²) in [5, 5.41) is 7.75. The Morgan fingerprint density at radius 2 is 1.96 bits per heavy atom. The van der Waals surface area contributed by atoms with Gasteiger partial charge in [-0.05, 0) is 6.42 Å². The molecule has 0 aromatic rings. The number of ether oxygens (including phenoxy) is 2. The van der Waals surface area contributed by atoms with Gasteiger partial charge in [0.1, 0.15) is 19.0 Å². The molecule has 24 heavy (non-hydrogen) atoms. The third-order valence-corrected chi connectivity index (χ3v) is 3.21. The summed E-state index contributed by atoms with van der Waals surface area (Å²) in [4.78, 5) is 45.5. The SMILES string of the molecule is C=C1NC=C(COC(=O)/C=C/C(=O)OCC2CCC(=O)N2)C(=O)N1. The van der Waals surface area contributed by atoms with Gasteiger partial charge in [0.2, 0.25) is 5.91 Å². The smallest absolute Gasteiger partial charge is 0.331 e. The second-order valence-electron chi connectivity index (χ2n) is 5.12. The summed E-state index contributed by atoms with van der Waals surface area (Å²) in [6, 6.07) is -0.194. The topological polar surface area (TPSA) is 123 Å². The summed E-state index contributed by atoms with van der Waals surface area (Å²) in [5.74, 6) is -1.68. The van der Waals surface area contributed by atoms with E-state index in [4.69, 9.17) is 9.47 Å². The molecule has 0 aliphatic carbocycles. The van der Waals surface area contributed by atoms with Crippen LogP contribution in [-0.2, 0) is 28.7 Å². The minimum atomic E-state index is -0.792. The lowest BCUT2D eigenvalue weighted by atomic mass is 10.2. The first-order valence-corrected chi connectivity index (χ1v) is 7.21. The van der Waals surface area contributed by atoms with Crippen LogP contribution in [0, 0.1) is 0 Å². The number of amides is 2. The number of rotatable bonds is 6. The van der Waals surface area contributed by atoms with E-state index in [1.165, 1.54) is 6.20 Å². The maximum atomic E-state index is 11.5. The van der Waals surface area contributed by atoms with Crippen LogP contribution in [0.3, 0.4) is 0 Å². The Kier molecular flexibility index (Phi) is 5.72. The molecule has 9 nitrogen and oxygen atoms in total. The third-order valence-electron chi connectivity index (χ3n) is 3.21. The Bertz CT molecular complexity index is 637. The summed E-state index contributed by atoms with van der Waals surface area (Å²) >= 11 is 0. The van der Waals surface area contributed by atoms with E-state index in [9.17, 15) is 19.2 Å². The average molecular weight is 335 g/mol. The summed E-state index contributed by atoms with van der Waals surface area (Å²) in [7, 11) is 0. The maximum absolute atomic E-state index is 11.5. The molecule has 0 aromatic heterocycles. The molecule has 0 aromatic carbocycles. The van der Waals surface area contributed by atoms with E-state index < -0.39 is 17.8 Å². The van der Waals surface area contributed by atoms with Gasteiger partial charge in [-0.1, -0.05) is 6.58 Å². The molecular weight excluding hydrogens is 318 g/mol. The highest BCUT2D eigenvalue weighted by molar-refractivity contribution is 5.96. The molecule has 1 fully saturated rings. The lowest BCUT2D eigenvalue weighted by molar-refractivity contribution is -0.140. The second-order valence-corrected chi connectivity index (χ2v) is 5.12. The van der Waals surface area contributed by atoms with Crippen LogP contribution in [0.5, 0.6) is 0 Å². The van der Waals surface area contributed by atoms with E-state index in [1.807, 2.05) is 0 Å². The molecule has 0 spiro atoms. The van der Waals surface area contributed by atoms with Crippen LogP contribution in [-0.4, -0.2) is 43.0 Å². The Balaban J connectivity index is 1.68. The first-order valence-electron chi connectivity index (χ1n) is 7.21. The first-order chi connectivity index (χ1) is 11.4. The van der Waals surface area contributed by atoms with Gasteiger partial charge in [-0.2, -0.15) is 0 Å². The minimum Gasteiger partial charge on any atom is -0.460 e. The molecule has 1 saturated heterocycles. The lowest BCUT2D eigenvalue weighted by Crippen LogP contribution is -2.36. The van der Waals surface area contributed by atoms with Crippen molar-refractivity contribution in [2.45, 2.75) is 18.9 Å². The quantitative estimate of drug-likeness (QED) is 0.419. The maximum Gasteiger partial charge on any atom is 0.331 e. The summed E-state index contributed by atoms with van der Waals surface area (Å²) in [6.07, 6.45) is 4.23.